The molecular formula is C27H37N3O5S. The first-order valence-corrected chi connectivity index (χ1v) is 14.2. The van der Waals surface area contributed by atoms with E-state index in [4.69, 9.17) is 4.74 Å². The highest BCUT2D eigenvalue weighted by molar-refractivity contribution is 7.92. The number of hydrogen-bond donors (Lipinski definition) is 1. The Balaban J connectivity index is 1.89. The van der Waals surface area contributed by atoms with Gasteiger partial charge in [0.05, 0.1) is 19.1 Å². The van der Waals surface area contributed by atoms with E-state index in [-0.39, 0.29) is 24.2 Å². The highest BCUT2D eigenvalue weighted by Crippen LogP contribution is 2.29. The predicted molar refractivity (Wildman–Crippen MR) is 141 cm³/mol. The standard InChI is InChI=1S/C27H37N3O5S/c1-20-14-16-22(17-15-20)18-29(21(2)27(32)28-23-10-6-5-7-11-23)26(31)19-30(36(4,33)34)24-12-8-9-13-25(24)35-3/h8-9,12-17,21,23H,5-7,10-11,18-19H2,1-4H3,(H,28,32)/t21-/m0/s1. The van der Waals surface area contributed by atoms with E-state index in [2.05, 4.69) is 5.32 Å². The van der Waals surface area contributed by atoms with Gasteiger partial charge in [0, 0.05) is 12.6 Å². The Hall–Kier alpha value is -3.07. The van der Waals surface area contributed by atoms with Gasteiger partial charge < -0.3 is 15.0 Å². The number of hydrogen-bond acceptors (Lipinski definition) is 5. The topological polar surface area (TPSA) is 96.0 Å². The fourth-order valence-corrected chi connectivity index (χ4v) is 5.33. The van der Waals surface area contributed by atoms with Crippen molar-refractivity contribution in [2.24, 2.45) is 0 Å². The van der Waals surface area contributed by atoms with Crippen LogP contribution in [0, 0.1) is 6.92 Å². The Labute approximate surface area is 214 Å². The molecule has 0 unspecified atom stereocenters. The molecule has 2 aromatic carbocycles. The zero-order valence-electron chi connectivity index (χ0n) is 21.6. The summed E-state index contributed by atoms with van der Waals surface area (Å²) in [5, 5.41) is 3.10. The molecule has 0 bridgehead atoms. The van der Waals surface area contributed by atoms with Crippen LogP contribution in [-0.2, 0) is 26.2 Å². The van der Waals surface area contributed by atoms with Gasteiger partial charge in [0.15, 0.2) is 0 Å². The van der Waals surface area contributed by atoms with E-state index in [1.807, 2.05) is 31.2 Å². The van der Waals surface area contributed by atoms with Gasteiger partial charge in [0.2, 0.25) is 21.8 Å². The summed E-state index contributed by atoms with van der Waals surface area (Å²) in [5.74, 6) is -0.368. The van der Waals surface area contributed by atoms with E-state index in [9.17, 15) is 18.0 Å². The van der Waals surface area contributed by atoms with Crippen LogP contribution in [0.3, 0.4) is 0 Å². The summed E-state index contributed by atoms with van der Waals surface area (Å²) in [6.07, 6.45) is 6.24. The molecule has 1 fully saturated rings. The van der Waals surface area contributed by atoms with Crippen molar-refractivity contribution in [1.82, 2.24) is 10.2 Å². The maximum absolute atomic E-state index is 13.7. The van der Waals surface area contributed by atoms with Crippen LogP contribution < -0.4 is 14.4 Å². The van der Waals surface area contributed by atoms with Gasteiger partial charge in [-0.15, -0.1) is 0 Å². The second-order valence-corrected chi connectivity index (χ2v) is 11.4. The lowest BCUT2D eigenvalue weighted by Gasteiger charge is -2.33. The van der Waals surface area contributed by atoms with Crippen molar-refractivity contribution in [2.75, 3.05) is 24.2 Å². The lowest BCUT2D eigenvalue weighted by Crippen LogP contribution is -2.53. The molecule has 1 atom stereocenters. The van der Waals surface area contributed by atoms with E-state index >= 15 is 0 Å². The van der Waals surface area contributed by atoms with Crippen LogP contribution in [0.4, 0.5) is 5.69 Å². The second-order valence-electron chi connectivity index (χ2n) is 9.47. The Morgan fingerprint density at radius 2 is 1.69 bits per heavy atom. The molecule has 0 radical (unpaired) electrons. The minimum Gasteiger partial charge on any atom is -0.495 e. The number of ether oxygens (including phenoxy) is 1. The van der Waals surface area contributed by atoms with Crippen LogP contribution in [0.5, 0.6) is 5.75 Å². The molecular weight excluding hydrogens is 478 g/mol. The van der Waals surface area contributed by atoms with Crippen LogP contribution >= 0.6 is 0 Å². The van der Waals surface area contributed by atoms with Crippen LogP contribution in [0.25, 0.3) is 0 Å². The van der Waals surface area contributed by atoms with E-state index in [0.29, 0.717) is 5.75 Å². The molecule has 196 valence electrons. The van der Waals surface area contributed by atoms with E-state index < -0.39 is 28.5 Å². The van der Waals surface area contributed by atoms with Gasteiger partial charge in [0.1, 0.15) is 18.3 Å². The molecule has 2 amide bonds. The van der Waals surface area contributed by atoms with Gasteiger partial charge in [-0.3, -0.25) is 13.9 Å². The van der Waals surface area contributed by atoms with Crippen LogP contribution in [0.2, 0.25) is 0 Å². The Morgan fingerprint density at radius 3 is 2.31 bits per heavy atom. The minimum absolute atomic E-state index is 0.103. The maximum Gasteiger partial charge on any atom is 0.244 e. The normalized spacial score (nSPS) is 15.1. The third-order valence-electron chi connectivity index (χ3n) is 6.63. The molecule has 3 rings (SSSR count). The zero-order chi connectivity index (χ0) is 26.3. The van der Waals surface area contributed by atoms with Crippen molar-refractivity contribution in [3.63, 3.8) is 0 Å². The molecule has 8 nitrogen and oxygen atoms in total. The number of nitrogens with zero attached hydrogens (tertiary/aromatic N) is 2. The summed E-state index contributed by atoms with van der Waals surface area (Å²) in [4.78, 5) is 28.3. The highest BCUT2D eigenvalue weighted by Gasteiger charge is 2.32. The molecule has 1 aliphatic carbocycles. The Bertz CT molecular complexity index is 1140. The molecule has 1 aliphatic rings. The van der Waals surface area contributed by atoms with Crippen molar-refractivity contribution in [2.45, 2.75) is 64.6 Å². The molecule has 0 heterocycles. The number of nitrogens with one attached hydrogen (secondary N) is 1. The van der Waals surface area contributed by atoms with Crippen LogP contribution in [0.15, 0.2) is 48.5 Å². The lowest BCUT2D eigenvalue weighted by molar-refractivity contribution is -0.139. The first-order valence-electron chi connectivity index (χ1n) is 12.4. The summed E-state index contributed by atoms with van der Waals surface area (Å²) >= 11 is 0. The Kier molecular flexibility index (Phi) is 9.37. The highest BCUT2D eigenvalue weighted by atomic mass is 32.2. The average Bonchev–Trinajstić information content (AvgIpc) is 2.86. The molecule has 0 saturated heterocycles. The molecule has 36 heavy (non-hydrogen) atoms. The number of methoxy groups -OCH3 is 1. The monoisotopic (exact) mass is 515 g/mol. The number of amides is 2. The van der Waals surface area contributed by atoms with Crippen molar-refractivity contribution < 1.29 is 22.7 Å². The third kappa shape index (κ3) is 7.22. The second kappa shape index (κ2) is 12.3. The van der Waals surface area contributed by atoms with Gasteiger partial charge in [0.25, 0.3) is 0 Å². The number of anilines is 1. The number of aryl methyl sites for hydroxylation is 1. The van der Waals surface area contributed by atoms with Crippen molar-refractivity contribution in [1.29, 1.82) is 0 Å². The van der Waals surface area contributed by atoms with Crippen molar-refractivity contribution >= 4 is 27.5 Å². The molecule has 9 heteroatoms. The number of sulfonamides is 1. The number of carbonyl (C=O) groups excluding carboxylic acids is 2. The molecule has 0 aliphatic heterocycles. The summed E-state index contributed by atoms with van der Waals surface area (Å²) in [6.45, 7) is 3.40. The van der Waals surface area contributed by atoms with E-state index in [1.165, 1.54) is 18.4 Å². The molecule has 0 aromatic heterocycles. The van der Waals surface area contributed by atoms with Crippen LogP contribution in [0.1, 0.15) is 50.2 Å². The van der Waals surface area contributed by atoms with E-state index in [1.54, 1.807) is 31.2 Å². The summed E-state index contributed by atoms with van der Waals surface area (Å²) in [5.41, 5.74) is 2.21. The van der Waals surface area contributed by atoms with E-state index in [0.717, 1.165) is 47.4 Å². The lowest BCUT2D eigenvalue weighted by atomic mass is 9.95. The van der Waals surface area contributed by atoms with Gasteiger partial charge in [-0.2, -0.15) is 0 Å². The average molecular weight is 516 g/mol. The summed E-state index contributed by atoms with van der Waals surface area (Å²) in [7, 11) is -2.37. The maximum atomic E-state index is 13.7. The third-order valence-corrected chi connectivity index (χ3v) is 7.75. The fraction of sp³-hybridized carbons (Fsp3) is 0.481. The number of para-hydroxylation sites is 2. The number of rotatable bonds is 10. The van der Waals surface area contributed by atoms with Crippen LogP contribution in [-0.4, -0.2) is 57.1 Å². The molecule has 2 aromatic rings. The fourth-order valence-electron chi connectivity index (χ4n) is 4.47. The van der Waals surface area contributed by atoms with Gasteiger partial charge in [-0.25, -0.2) is 8.42 Å². The van der Waals surface area contributed by atoms with Gasteiger partial charge >= 0.3 is 0 Å². The molecule has 0 spiro atoms. The molecule has 1 saturated carbocycles. The van der Waals surface area contributed by atoms with Crippen molar-refractivity contribution in [3.05, 3.63) is 59.7 Å². The SMILES string of the molecule is COc1ccccc1N(CC(=O)N(Cc1ccc(C)cc1)[C@@H](C)C(=O)NC1CCCCC1)S(C)(=O)=O. The largest absolute Gasteiger partial charge is 0.495 e. The van der Waals surface area contributed by atoms with Gasteiger partial charge in [-0.1, -0.05) is 61.2 Å². The summed E-state index contributed by atoms with van der Waals surface area (Å²) in [6, 6.07) is 13.7. The predicted octanol–water partition coefficient (Wildman–Crippen LogP) is 3.64. The van der Waals surface area contributed by atoms with Crippen molar-refractivity contribution in [3.8, 4) is 5.75 Å². The first kappa shape index (κ1) is 27.5. The number of carbonyl (C=O) groups is 2. The van der Waals surface area contributed by atoms with Gasteiger partial charge in [-0.05, 0) is 44.4 Å². The quantitative estimate of drug-likeness (QED) is 0.521. The summed E-state index contributed by atoms with van der Waals surface area (Å²) < 4.78 is 31.9. The number of benzene rings is 2. The first-order chi connectivity index (χ1) is 17.1. The minimum atomic E-state index is -3.82. The Morgan fingerprint density at radius 1 is 1.06 bits per heavy atom. The smallest absolute Gasteiger partial charge is 0.244 e. The molecule has 1 N–H and O–H groups in total. The zero-order valence-corrected chi connectivity index (χ0v) is 22.4.